The summed E-state index contributed by atoms with van der Waals surface area (Å²) in [5.41, 5.74) is 6.88. The Hall–Kier alpha value is -1.92. The second-order valence-electron chi connectivity index (χ2n) is 4.21. The molecule has 0 radical (unpaired) electrons. The van der Waals surface area contributed by atoms with E-state index in [9.17, 15) is 4.79 Å². The second kappa shape index (κ2) is 6.02. The van der Waals surface area contributed by atoms with E-state index in [-0.39, 0.29) is 17.3 Å². The van der Waals surface area contributed by atoms with Gasteiger partial charge < -0.3 is 11.1 Å². The van der Waals surface area contributed by atoms with Crippen LogP contribution in [0.5, 0.6) is 0 Å². The van der Waals surface area contributed by atoms with Gasteiger partial charge in [-0.15, -0.1) is 0 Å². The Labute approximate surface area is 126 Å². The SMILES string of the molecule is Cn1ncc(C(N)=S)c1NC(=O)Cc1ccccc1Cl. The maximum Gasteiger partial charge on any atom is 0.230 e. The Bertz CT molecular complexity index is 668. The van der Waals surface area contributed by atoms with E-state index in [4.69, 9.17) is 29.6 Å². The highest BCUT2D eigenvalue weighted by Gasteiger charge is 2.14. The molecule has 0 aliphatic rings. The lowest BCUT2D eigenvalue weighted by Crippen LogP contribution is -2.20. The number of nitrogens with zero attached hydrogens (tertiary/aromatic N) is 2. The third kappa shape index (κ3) is 3.15. The number of aryl methyl sites for hydroxylation is 1. The third-order valence-electron chi connectivity index (χ3n) is 2.77. The standard InChI is InChI=1S/C13H13ClN4OS/c1-18-13(9(7-16-18)12(15)20)17-11(19)6-8-4-2-3-5-10(8)14/h2-5,7H,6H2,1H3,(H2,15,20)(H,17,19). The third-order valence-corrected chi connectivity index (χ3v) is 3.36. The van der Waals surface area contributed by atoms with Crippen LogP contribution in [0.2, 0.25) is 5.02 Å². The van der Waals surface area contributed by atoms with Gasteiger partial charge in [-0.05, 0) is 11.6 Å². The maximum atomic E-state index is 12.1. The lowest BCUT2D eigenvalue weighted by Gasteiger charge is -2.08. The molecule has 20 heavy (non-hydrogen) atoms. The van der Waals surface area contributed by atoms with Gasteiger partial charge in [-0.2, -0.15) is 5.10 Å². The molecule has 2 rings (SSSR count). The molecule has 0 spiro atoms. The Morgan fingerprint density at radius 3 is 2.85 bits per heavy atom. The molecule has 1 aromatic heterocycles. The number of nitrogens with one attached hydrogen (secondary N) is 1. The van der Waals surface area contributed by atoms with E-state index in [0.717, 1.165) is 5.56 Å². The summed E-state index contributed by atoms with van der Waals surface area (Å²) in [6.07, 6.45) is 1.69. The van der Waals surface area contributed by atoms with E-state index in [1.54, 1.807) is 19.2 Å². The molecule has 7 heteroatoms. The van der Waals surface area contributed by atoms with Crippen LogP contribution in [0.4, 0.5) is 5.82 Å². The quantitative estimate of drug-likeness (QED) is 0.846. The van der Waals surface area contributed by atoms with Crippen molar-refractivity contribution in [2.75, 3.05) is 5.32 Å². The van der Waals surface area contributed by atoms with Gasteiger partial charge >= 0.3 is 0 Å². The average molecular weight is 309 g/mol. The summed E-state index contributed by atoms with van der Waals surface area (Å²) in [5.74, 6) is 0.272. The van der Waals surface area contributed by atoms with Gasteiger partial charge in [0.25, 0.3) is 0 Å². The van der Waals surface area contributed by atoms with Crippen LogP contribution >= 0.6 is 23.8 Å². The van der Waals surface area contributed by atoms with Crippen molar-refractivity contribution >= 4 is 40.5 Å². The zero-order valence-electron chi connectivity index (χ0n) is 10.8. The number of halogens is 1. The molecular weight excluding hydrogens is 296 g/mol. The molecule has 1 amide bonds. The minimum absolute atomic E-state index is 0.168. The van der Waals surface area contributed by atoms with Gasteiger partial charge in [0.1, 0.15) is 10.8 Å². The van der Waals surface area contributed by atoms with Crippen LogP contribution in [0.1, 0.15) is 11.1 Å². The van der Waals surface area contributed by atoms with Crippen molar-refractivity contribution in [3.8, 4) is 0 Å². The molecule has 0 fully saturated rings. The van der Waals surface area contributed by atoms with Gasteiger partial charge in [0.2, 0.25) is 5.91 Å². The highest BCUT2D eigenvalue weighted by molar-refractivity contribution is 7.80. The van der Waals surface area contributed by atoms with Crippen LogP contribution in [-0.4, -0.2) is 20.7 Å². The molecule has 0 unspecified atom stereocenters. The van der Waals surface area contributed by atoms with Crippen LogP contribution in [0.15, 0.2) is 30.5 Å². The van der Waals surface area contributed by atoms with Crippen LogP contribution in [0.25, 0.3) is 0 Å². The first-order valence-electron chi connectivity index (χ1n) is 5.84. The van der Waals surface area contributed by atoms with Crippen molar-refractivity contribution in [1.82, 2.24) is 9.78 Å². The van der Waals surface area contributed by atoms with E-state index < -0.39 is 0 Å². The number of benzene rings is 1. The molecular formula is C13H13ClN4OS. The number of anilines is 1. The van der Waals surface area contributed by atoms with Gasteiger partial charge in [-0.25, -0.2) is 0 Å². The summed E-state index contributed by atoms with van der Waals surface area (Å²) in [4.78, 5) is 12.3. The normalized spacial score (nSPS) is 10.3. The second-order valence-corrected chi connectivity index (χ2v) is 5.06. The van der Waals surface area contributed by atoms with E-state index in [2.05, 4.69) is 10.4 Å². The van der Waals surface area contributed by atoms with Crippen molar-refractivity contribution in [1.29, 1.82) is 0 Å². The topological polar surface area (TPSA) is 72.9 Å². The number of carbonyl (C=O) groups excluding carboxylic acids is 1. The van der Waals surface area contributed by atoms with Crippen LogP contribution in [0, 0.1) is 0 Å². The zero-order chi connectivity index (χ0) is 14.7. The molecule has 0 saturated carbocycles. The lowest BCUT2D eigenvalue weighted by atomic mass is 10.1. The number of thiocarbonyl (C=S) groups is 1. The first-order chi connectivity index (χ1) is 9.49. The largest absolute Gasteiger partial charge is 0.389 e. The highest BCUT2D eigenvalue weighted by Crippen LogP contribution is 2.18. The molecule has 2 aromatic rings. The fraction of sp³-hybridized carbons (Fsp3) is 0.154. The molecule has 5 nitrogen and oxygen atoms in total. The highest BCUT2D eigenvalue weighted by atomic mass is 35.5. The predicted molar refractivity (Wildman–Crippen MR) is 82.9 cm³/mol. The summed E-state index contributed by atoms with van der Waals surface area (Å²) in [7, 11) is 1.70. The van der Waals surface area contributed by atoms with E-state index in [1.165, 1.54) is 10.9 Å². The van der Waals surface area contributed by atoms with Crippen LogP contribution in [-0.2, 0) is 18.3 Å². The summed E-state index contributed by atoms with van der Waals surface area (Å²) < 4.78 is 1.51. The summed E-state index contributed by atoms with van der Waals surface area (Å²) in [6, 6.07) is 7.20. The molecule has 1 heterocycles. The molecule has 0 aliphatic carbocycles. The van der Waals surface area contributed by atoms with E-state index >= 15 is 0 Å². The van der Waals surface area contributed by atoms with Crippen molar-refractivity contribution in [3.05, 3.63) is 46.6 Å². The minimum atomic E-state index is -0.209. The van der Waals surface area contributed by atoms with Crippen molar-refractivity contribution in [3.63, 3.8) is 0 Å². The molecule has 1 aromatic carbocycles. The summed E-state index contributed by atoms with van der Waals surface area (Å²) in [5, 5.41) is 7.33. The monoisotopic (exact) mass is 308 g/mol. The molecule has 3 N–H and O–H groups in total. The number of amides is 1. The molecule has 0 aliphatic heterocycles. The summed E-state index contributed by atoms with van der Waals surface area (Å²) in [6.45, 7) is 0. The Kier molecular flexibility index (Phi) is 4.36. The fourth-order valence-corrected chi connectivity index (χ4v) is 2.11. The average Bonchev–Trinajstić information content (AvgIpc) is 2.74. The zero-order valence-corrected chi connectivity index (χ0v) is 12.3. The smallest absolute Gasteiger partial charge is 0.230 e. The summed E-state index contributed by atoms with van der Waals surface area (Å²) >= 11 is 10.9. The predicted octanol–water partition coefficient (Wildman–Crippen LogP) is 1.89. The number of rotatable bonds is 4. The van der Waals surface area contributed by atoms with Gasteiger partial charge in [0.05, 0.1) is 18.2 Å². The maximum absolute atomic E-state index is 12.1. The number of aromatic nitrogens is 2. The first kappa shape index (κ1) is 14.5. The van der Waals surface area contributed by atoms with Crippen LogP contribution in [0.3, 0.4) is 0 Å². The number of hydrogen-bond donors (Lipinski definition) is 2. The van der Waals surface area contributed by atoms with Crippen molar-refractivity contribution < 1.29 is 4.79 Å². The van der Waals surface area contributed by atoms with Gasteiger partial charge in [0, 0.05) is 12.1 Å². The number of carbonyl (C=O) groups is 1. The minimum Gasteiger partial charge on any atom is -0.389 e. The molecule has 0 bridgehead atoms. The van der Waals surface area contributed by atoms with Crippen molar-refractivity contribution in [2.24, 2.45) is 12.8 Å². The Morgan fingerprint density at radius 2 is 2.20 bits per heavy atom. The van der Waals surface area contributed by atoms with Gasteiger partial charge in [-0.3, -0.25) is 9.48 Å². The van der Waals surface area contributed by atoms with Gasteiger partial charge in [0.15, 0.2) is 0 Å². The lowest BCUT2D eigenvalue weighted by molar-refractivity contribution is -0.115. The fourth-order valence-electron chi connectivity index (χ4n) is 1.76. The van der Waals surface area contributed by atoms with Gasteiger partial charge in [-0.1, -0.05) is 42.0 Å². The Morgan fingerprint density at radius 1 is 1.50 bits per heavy atom. The number of nitrogens with two attached hydrogens (primary N) is 1. The number of hydrogen-bond acceptors (Lipinski definition) is 3. The van der Waals surface area contributed by atoms with E-state index in [1.807, 2.05) is 12.1 Å². The molecule has 104 valence electrons. The Balaban J connectivity index is 2.15. The first-order valence-corrected chi connectivity index (χ1v) is 6.62. The van der Waals surface area contributed by atoms with E-state index in [0.29, 0.717) is 16.4 Å². The van der Waals surface area contributed by atoms with Crippen LogP contribution < -0.4 is 11.1 Å². The molecule has 0 atom stereocenters. The molecule has 0 saturated heterocycles. The van der Waals surface area contributed by atoms with Crippen molar-refractivity contribution in [2.45, 2.75) is 6.42 Å².